The Morgan fingerprint density at radius 2 is 2.35 bits per heavy atom. The maximum Gasteiger partial charge on any atom is 0.226 e. The molecule has 0 bridgehead atoms. The first-order chi connectivity index (χ1) is 11.1. The Morgan fingerprint density at radius 1 is 1.52 bits per heavy atom. The first-order valence-corrected chi connectivity index (χ1v) is 9.17. The Bertz CT molecular complexity index is 668. The third kappa shape index (κ3) is 6.04. The second kappa shape index (κ2) is 9.14. The highest BCUT2D eigenvalue weighted by Crippen LogP contribution is 2.27. The molecule has 1 aromatic heterocycles. The van der Waals surface area contributed by atoms with Gasteiger partial charge in [0.15, 0.2) is 0 Å². The predicted octanol–water partition coefficient (Wildman–Crippen LogP) is 4.13. The molecule has 0 spiro atoms. The van der Waals surface area contributed by atoms with Crippen molar-refractivity contribution in [2.45, 2.75) is 24.9 Å². The fourth-order valence-corrected chi connectivity index (χ4v) is 2.95. The van der Waals surface area contributed by atoms with Crippen molar-refractivity contribution >= 4 is 51.1 Å². The number of aromatic amines is 1. The summed E-state index contributed by atoms with van der Waals surface area (Å²) in [6, 6.07) is 5.40. The van der Waals surface area contributed by atoms with Gasteiger partial charge in [-0.1, -0.05) is 46.2 Å². The van der Waals surface area contributed by atoms with Gasteiger partial charge in [-0.25, -0.2) is 5.10 Å². The number of rotatable bonds is 8. The first-order valence-electron chi connectivity index (χ1n) is 7.01. The molecule has 1 heterocycles. The van der Waals surface area contributed by atoms with Crippen LogP contribution in [0.3, 0.4) is 0 Å². The third-order valence-electron chi connectivity index (χ3n) is 2.70. The first kappa shape index (κ1) is 18.1. The van der Waals surface area contributed by atoms with E-state index >= 15 is 0 Å². The zero-order valence-corrected chi connectivity index (χ0v) is 15.6. The van der Waals surface area contributed by atoms with Crippen molar-refractivity contribution in [1.29, 1.82) is 0 Å². The number of anilines is 1. The average Bonchev–Trinajstić information content (AvgIpc) is 2.93. The monoisotopic (exact) mass is 418 g/mol. The number of carbonyl (C=O) groups is 1. The summed E-state index contributed by atoms with van der Waals surface area (Å²) in [6.45, 7) is 2.42. The van der Waals surface area contributed by atoms with Crippen LogP contribution in [0.4, 0.5) is 5.95 Å². The smallest absolute Gasteiger partial charge is 0.226 e. The van der Waals surface area contributed by atoms with E-state index in [1.54, 1.807) is 12.1 Å². The average molecular weight is 420 g/mol. The lowest BCUT2D eigenvalue weighted by atomic mass is 10.3. The molecule has 0 atom stereocenters. The van der Waals surface area contributed by atoms with Gasteiger partial charge in [0.2, 0.25) is 17.0 Å². The minimum atomic E-state index is -0.139. The van der Waals surface area contributed by atoms with Crippen LogP contribution in [-0.4, -0.2) is 33.4 Å². The molecule has 6 nitrogen and oxygen atoms in total. The Balaban J connectivity index is 1.70. The minimum Gasteiger partial charge on any atom is -0.492 e. The van der Waals surface area contributed by atoms with Crippen molar-refractivity contribution < 1.29 is 9.53 Å². The van der Waals surface area contributed by atoms with Crippen LogP contribution in [0.2, 0.25) is 5.02 Å². The normalized spacial score (nSPS) is 10.6. The van der Waals surface area contributed by atoms with E-state index in [0.29, 0.717) is 41.3 Å². The molecule has 9 heteroatoms. The van der Waals surface area contributed by atoms with Gasteiger partial charge < -0.3 is 4.74 Å². The fraction of sp³-hybridized carbons (Fsp3) is 0.357. The van der Waals surface area contributed by atoms with E-state index in [9.17, 15) is 4.79 Å². The number of hydrogen-bond donors (Lipinski definition) is 2. The molecular weight excluding hydrogens is 404 g/mol. The highest BCUT2D eigenvalue weighted by atomic mass is 79.9. The van der Waals surface area contributed by atoms with Crippen LogP contribution < -0.4 is 10.1 Å². The summed E-state index contributed by atoms with van der Waals surface area (Å²) in [5.74, 6) is 1.70. The molecule has 0 saturated carbocycles. The van der Waals surface area contributed by atoms with Gasteiger partial charge >= 0.3 is 0 Å². The zero-order chi connectivity index (χ0) is 16.7. The highest BCUT2D eigenvalue weighted by molar-refractivity contribution is 9.10. The summed E-state index contributed by atoms with van der Waals surface area (Å²) < 4.78 is 6.45. The van der Waals surface area contributed by atoms with Crippen molar-refractivity contribution in [3.05, 3.63) is 27.7 Å². The number of hydrogen-bond acceptors (Lipinski definition) is 5. The lowest BCUT2D eigenvalue weighted by molar-refractivity contribution is -0.116. The molecule has 0 radical (unpaired) electrons. The van der Waals surface area contributed by atoms with E-state index in [4.69, 9.17) is 16.3 Å². The molecular formula is C14H16BrClN4O2S. The molecule has 2 N–H and O–H groups in total. The molecule has 1 amide bonds. The number of nitrogens with one attached hydrogen (secondary N) is 2. The summed E-state index contributed by atoms with van der Waals surface area (Å²) in [4.78, 5) is 16.0. The number of ether oxygens (including phenoxy) is 1. The van der Waals surface area contributed by atoms with Crippen LogP contribution in [0.5, 0.6) is 5.75 Å². The molecule has 2 rings (SSSR count). The van der Waals surface area contributed by atoms with E-state index in [0.717, 1.165) is 10.2 Å². The van der Waals surface area contributed by atoms with Crippen LogP contribution in [0.15, 0.2) is 27.8 Å². The second-order valence-corrected chi connectivity index (χ2v) is 7.03. The van der Waals surface area contributed by atoms with Gasteiger partial charge in [-0.3, -0.25) is 10.1 Å². The SMILES string of the molecule is CCSc1n[nH]c(NC(=O)CCCOc2ccc(Br)cc2Cl)n1. The van der Waals surface area contributed by atoms with Gasteiger partial charge in [0.05, 0.1) is 11.6 Å². The molecule has 0 fully saturated rings. The molecule has 0 aliphatic heterocycles. The quantitative estimate of drug-likeness (QED) is 0.497. The standard InChI is InChI=1S/C14H16BrClN4O2S/c1-2-23-14-18-13(19-20-14)17-12(21)4-3-7-22-11-6-5-9(15)8-10(11)16/h5-6,8H,2-4,7H2,1H3,(H2,17,18,19,20,21). The zero-order valence-electron chi connectivity index (χ0n) is 12.4. The van der Waals surface area contributed by atoms with Gasteiger partial charge in [0.1, 0.15) is 5.75 Å². The van der Waals surface area contributed by atoms with Crippen LogP contribution in [-0.2, 0) is 4.79 Å². The lowest BCUT2D eigenvalue weighted by Gasteiger charge is -2.08. The lowest BCUT2D eigenvalue weighted by Crippen LogP contribution is -2.13. The topological polar surface area (TPSA) is 79.9 Å². The maximum atomic E-state index is 11.8. The van der Waals surface area contributed by atoms with Gasteiger partial charge in [-0.15, -0.1) is 5.10 Å². The summed E-state index contributed by atoms with van der Waals surface area (Å²) in [6.07, 6.45) is 0.897. The molecule has 2 aromatic rings. The van der Waals surface area contributed by atoms with Crippen molar-refractivity contribution in [3.8, 4) is 5.75 Å². The largest absolute Gasteiger partial charge is 0.492 e. The van der Waals surface area contributed by atoms with Crippen molar-refractivity contribution in [3.63, 3.8) is 0 Å². The number of amides is 1. The van der Waals surface area contributed by atoms with E-state index < -0.39 is 0 Å². The number of H-pyrrole nitrogens is 1. The van der Waals surface area contributed by atoms with Crippen molar-refractivity contribution in [1.82, 2.24) is 15.2 Å². The van der Waals surface area contributed by atoms with Crippen molar-refractivity contribution in [2.75, 3.05) is 17.7 Å². The summed E-state index contributed by atoms with van der Waals surface area (Å²) in [7, 11) is 0. The fourth-order valence-electron chi connectivity index (χ4n) is 1.70. The van der Waals surface area contributed by atoms with Crippen LogP contribution in [0.1, 0.15) is 19.8 Å². The molecule has 0 saturated heterocycles. The summed E-state index contributed by atoms with van der Waals surface area (Å²) >= 11 is 10.9. The van der Waals surface area contributed by atoms with Gasteiger partial charge in [0.25, 0.3) is 0 Å². The molecule has 0 aliphatic carbocycles. The predicted molar refractivity (Wildman–Crippen MR) is 95.3 cm³/mol. The van der Waals surface area contributed by atoms with Gasteiger partial charge in [0, 0.05) is 10.9 Å². The van der Waals surface area contributed by atoms with Gasteiger partial charge in [-0.2, -0.15) is 4.98 Å². The number of thioether (sulfide) groups is 1. The number of nitrogens with zero attached hydrogens (tertiary/aromatic N) is 2. The molecule has 23 heavy (non-hydrogen) atoms. The van der Waals surface area contributed by atoms with Crippen LogP contribution >= 0.6 is 39.3 Å². The summed E-state index contributed by atoms with van der Waals surface area (Å²) in [5, 5.41) is 10.5. The second-order valence-electron chi connectivity index (χ2n) is 4.47. The number of benzene rings is 1. The van der Waals surface area contributed by atoms with Crippen LogP contribution in [0, 0.1) is 0 Å². The third-order valence-corrected chi connectivity index (χ3v) is 4.21. The Labute approximate surface area is 151 Å². The summed E-state index contributed by atoms with van der Waals surface area (Å²) in [5.41, 5.74) is 0. The number of aromatic nitrogens is 3. The Kier molecular flexibility index (Phi) is 7.19. The molecule has 124 valence electrons. The van der Waals surface area contributed by atoms with E-state index in [2.05, 4.69) is 36.4 Å². The maximum absolute atomic E-state index is 11.8. The van der Waals surface area contributed by atoms with E-state index in [1.165, 1.54) is 11.8 Å². The minimum absolute atomic E-state index is 0.139. The van der Waals surface area contributed by atoms with Crippen LogP contribution in [0.25, 0.3) is 0 Å². The molecule has 0 unspecified atom stereocenters. The Morgan fingerprint density at radius 3 is 3.09 bits per heavy atom. The van der Waals surface area contributed by atoms with Crippen molar-refractivity contribution in [2.24, 2.45) is 0 Å². The Hall–Kier alpha value is -1.25. The van der Waals surface area contributed by atoms with E-state index in [1.807, 2.05) is 13.0 Å². The molecule has 1 aromatic carbocycles. The highest BCUT2D eigenvalue weighted by Gasteiger charge is 2.08. The number of halogens is 2. The molecule has 0 aliphatic rings. The van der Waals surface area contributed by atoms with Gasteiger partial charge in [-0.05, 0) is 30.4 Å². The van der Waals surface area contributed by atoms with E-state index in [-0.39, 0.29) is 5.91 Å². The number of carbonyl (C=O) groups excluding carboxylic acids is 1.